The van der Waals surface area contributed by atoms with Gasteiger partial charge in [-0.05, 0) is 33.6 Å². The van der Waals surface area contributed by atoms with Crippen molar-refractivity contribution in [2.45, 2.75) is 6.54 Å². The summed E-state index contributed by atoms with van der Waals surface area (Å²) in [6, 6.07) is 5.24. The summed E-state index contributed by atoms with van der Waals surface area (Å²) in [7, 11) is -3.23. The molecule has 0 saturated heterocycles. The molecule has 0 aromatic heterocycles. The first kappa shape index (κ1) is 11.5. The Balaban J connectivity index is 3.01. The maximum Gasteiger partial charge on any atom is 0.229 e. The summed E-state index contributed by atoms with van der Waals surface area (Å²) in [5.41, 5.74) is 6.90. The molecule has 0 unspecified atom stereocenters. The van der Waals surface area contributed by atoms with E-state index in [1.54, 1.807) is 18.2 Å². The van der Waals surface area contributed by atoms with Crippen LogP contribution < -0.4 is 10.5 Å². The summed E-state index contributed by atoms with van der Waals surface area (Å²) in [6.45, 7) is 0.428. The highest BCUT2D eigenvalue weighted by Crippen LogP contribution is 2.24. The first-order valence-electron chi connectivity index (χ1n) is 3.88. The van der Waals surface area contributed by atoms with Crippen LogP contribution in [-0.2, 0) is 16.6 Å². The van der Waals surface area contributed by atoms with Crippen LogP contribution in [0, 0.1) is 0 Å². The maximum atomic E-state index is 11.0. The van der Waals surface area contributed by atoms with Gasteiger partial charge in [0.2, 0.25) is 10.0 Å². The molecule has 0 spiro atoms. The molecular formula is C8H11BrN2O2S. The molecule has 3 N–H and O–H groups in total. The summed E-state index contributed by atoms with van der Waals surface area (Å²) >= 11 is 3.26. The number of nitrogens with one attached hydrogen (secondary N) is 1. The number of nitrogens with two attached hydrogens (primary N) is 1. The van der Waals surface area contributed by atoms with E-state index in [-0.39, 0.29) is 0 Å². The Labute approximate surface area is 91.7 Å². The molecule has 0 aliphatic heterocycles. The van der Waals surface area contributed by atoms with Gasteiger partial charge >= 0.3 is 0 Å². The van der Waals surface area contributed by atoms with E-state index >= 15 is 0 Å². The third-order valence-corrected chi connectivity index (χ3v) is 2.81. The van der Waals surface area contributed by atoms with Crippen molar-refractivity contribution in [2.24, 2.45) is 5.73 Å². The summed E-state index contributed by atoms with van der Waals surface area (Å²) in [5.74, 6) is 0. The van der Waals surface area contributed by atoms with Crippen molar-refractivity contribution in [1.29, 1.82) is 0 Å². The van der Waals surface area contributed by atoms with Gasteiger partial charge in [0.25, 0.3) is 0 Å². The molecule has 0 fully saturated rings. The van der Waals surface area contributed by atoms with Crippen molar-refractivity contribution in [1.82, 2.24) is 0 Å². The van der Waals surface area contributed by atoms with Gasteiger partial charge in [0.1, 0.15) is 0 Å². The SMILES string of the molecule is CS(=O)(=O)Nc1ccc(CN)cc1Br. The van der Waals surface area contributed by atoms with Crippen LogP contribution in [0.4, 0.5) is 5.69 Å². The van der Waals surface area contributed by atoms with Crippen LogP contribution in [-0.4, -0.2) is 14.7 Å². The molecule has 0 radical (unpaired) electrons. The van der Waals surface area contributed by atoms with Crippen molar-refractivity contribution in [3.8, 4) is 0 Å². The molecule has 0 bridgehead atoms. The minimum atomic E-state index is -3.23. The van der Waals surface area contributed by atoms with E-state index in [2.05, 4.69) is 20.7 Å². The number of anilines is 1. The van der Waals surface area contributed by atoms with Crippen molar-refractivity contribution in [3.63, 3.8) is 0 Å². The first-order valence-corrected chi connectivity index (χ1v) is 6.57. The second kappa shape index (κ2) is 4.29. The van der Waals surface area contributed by atoms with E-state index in [0.29, 0.717) is 16.7 Å². The minimum Gasteiger partial charge on any atom is -0.326 e. The second-order valence-corrected chi connectivity index (χ2v) is 5.50. The molecule has 1 aromatic rings. The van der Waals surface area contributed by atoms with Crippen LogP contribution >= 0.6 is 15.9 Å². The van der Waals surface area contributed by atoms with Crippen LogP contribution in [0.15, 0.2) is 22.7 Å². The van der Waals surface area contributed by atoms with Gasteiger partial charge in [0, 0.05) is 11.0 Å². The van der Waals surface area contributed by atoms with Crippen LogP contribution in [0.5, 0.6) is 0 Å². The average Bonchev–Trinajstić information content (AvgIpc) is 2.06. The van der Waals surface area contributed by atoms with Crippen molar-refractivity contribution < 1.29 is 8.42 Å². The van der Waals surface area contributed by atoms with Gasteiger partial charge in [-0.1, -0.05) is 6.07 Å². The Bertz CT molecular complexity index is 431. The van der Waals surface area contributed by atoms with Gasteiger partial charge in [-0.25, -0.2) is 8.42 Å². The van der Waals surface area contributed by atoms with E-state index in [1.807, 2.05) is 0 Å². The zero-order valence-corrected chi connectivity index (χ0v) is 10.0. The monoisotopic (exact) mass is 278 g/mol. The topological polar surface area (TPSA) is 72.2 Å². The molecule has 0 aliphatic carbocycles. The zero-order chi connectivity index (χ0) is 10.8. The van der Waals surface area contributed by atoms with E-state index in [9.17, 15) is 8.42 Å². The van der Waals surface area contributed by atoms with E-state index < -0.39 is 10.0 Å². The molecule has 0 heterocycles. The predicted octanol–water partition coefficient (Wildman–Crippen LogP) is 1.28. The Morgan fingerprint density at radius 3 is 2.57 bits per heavy atom. The fourth-order valence-corrected chi connectivity index (χ4v) is 2.20. The molecule has 0 atom stereocenters. The first-order chi connectivity index (χ1) is 6.42. The van der Waals surface area contributed by atoms with Crippen LogP contribution in [0.25, 0.3) is 0 Å². The molecule has 14 heavy (non-hydrogen) atoms. The summed E-state index contributed by atoms with van der Waals surface area (Å²) in [5, 5.41) is 0. The lowest BCUT2D eigenvalue weighted by Gasteiger charge is -2.07. The van der Waals surface area contributed by atoms with Gasteiger partial charge in [0.15, 0.2) is 0 Å². The number of benzene rings is 1. The molecule has 0 aliphatic rings. The van der Waals surface area contributed by atoms with Crippen molar-refractivity contribution in [2.75, 3.05) is 11.0 Å². The fraction of sp³-hybridized carbons (Fsp3) is 0.250. The molecule has 1 aromatic carbocycles. The predicted molar refractivity (Wildman–Crippen MR) is 60.5 cm³/mol. The second-order valence-electron chi connectivity index (χ2n) is 2.89. The van der Waals surface area contributed by atoms with Gasteiger partial charge in [-0.2, -0.15) is 0 Å². The van der Waals surface area contributed by atoms with Gasteiger partial charge < -0.3 is 5.73 Å². The third-order valence-electron chi connectivity index (χ3n) is 1.56. The smallest absolute Gasteiger partial charge is 0.229 e. The van der Waals surface area contributed by atoms with Gasteiger partial charge in [-0.3, -0.25) is 4.72 Å². The zero-order valence-electron chi connectivity index (χ0n) is 7.62. The Morgan fingerprint density at radius 1 is 1.50 bits per heavy atom. The van der Waals surface area contributed by atoms with E-state index in [4.69, 9.17) is 5.73 Å². The van der Waals surface area contributed by atoms with Crippen LogP contribution in [0.3, 0.4) is 0 Å². The van der Waals surface area contributed by atoms with Crippen molar-refractivity contribution >= 4 is 31.6 Å². The molecule has 0 saturated carbocycles. The Kier molecular flexibility index (Phi) is 3.52. The summed E-state index contributed by atoms with van der Waals surface area (Å²) in [4.78, 5) is 0. The largest absolute Gasteiger partial charge is 0.326 e. The van der Waals surface area contributed by atoms with E-state index in [1.165, 1.54) is 0 Å². The summed E-state index contributed by atoms with van der Waals surface area (Å²) < 4.78 is 25.0. The lowest BCUT2D eigenvalue weighted by Crippen LogP contribution is -2.10. The van der Waals surface area contributed by atoms with Crippen LogP contribution in [0.2, 0.25) is 0 Å². The maximum absolute atomic E-state index is 11.0. The molecule has 6 heteroatoms. The standard InChI is InChI=1S/C8H11BrN2O2S/c1-14(12,13)11-8-3-2-6(5-10)4-7(8)9/h2-4,11H,5,10H2,1H3. The number of rotatable bonds is 3. The molecule has 1 rings (SSSR count). The third kappa shape index (κ3) is 3.28. The normalized spacial score (nSPS) is 11.4. The minimum absolute atomic E-state index is 0.428. The summed E-state index contributed by atoms with van der Waals surface area (Å²) in [6.07, 6.45) is 1.11. The van der Waals surface area contributed by atoms with Gasteiger partial charge in [0.05, 0.1) is 11.9 Å². The van der Waals surface area contributed by atoms with E-state index in [0.717, 1.165) is 11.8 Å². The van der Waals surface area contributed by atoms with Gasteiger partial charge in [-0.15, -0.1) is 0 Å². The highest BCUT2D eigenvalue weighted by atomic mass is 79.9. The molecule has 4 nitrogen and oxygen atoms in total. The number of hydrogen-bond acceptors (Lipinski definition) is 3. The fourth-order valence-electron chi connectivity index (χ4n) is 0.968. The molecule has 0 amide bonds. The lowest BCUT2D eigenvalue weighted by atomic mass is 10.2. The van der Waals surface area contributed by atoms with Crippen LogP contribution in [0.1, 0.15) is 5.56 Å². The molecule has 78 valence electrons. The highest BCUT2D eigenvalue weighted by Gasteiger charge is 2.05. The number of sulfonamides is 1. The number of hydrogen-bond donors (Lipinski definition) is 2. The Morgan fingerprint density at radius 2 is 2.14 bits per heavy atom. The number of halogens is 1. The molecular weight excluding hydrogens is 268 g/mol. The highest BCUT2D eigenvalue weighted by molar-refractivity contribution is 9.10. The van der Waals surface area contributed by atoms with Crippen molar-refractivity contribution in [3.05, 3.63) is 28.2 Å². The quantitative estimate of drug-likeness (QED) is 0.875. The Hall–Kier alpha value is -0.590. The average molecular weight is 279 g/mol. The lowest BCUT2D eigenvalue weighted by molar-refractivity contribution is 0.607.